The molecule has 0 aromatic heterocycles. The van der Waals surface area contributed by atoms with Gasteiger partial charge in [0.25, 0.3) is 0 Å². The average molecular weight is 347 g/mol. The number of halogens is 1. The summed E-state index contributed by atoms with van der Waals surface area (Å²) >= 11 is 5.99. The van der Waals surface area contributed by atoms with E-state index in [1.807, 2.05) is 6.07 Å². The lowest BCUT2D eigenvalue weighted by atomic mass is 10.2. The van der Waals surface area contributed by atoms with Crippen LogP contribution in [0.25, 0.3) is 0 Å². The standard InChI is InChI=1S/C13H15ClN2O3S2/c1-13(2)9-16(5-6-20(13)17)21(18,19)12-4-3-10(8-15)7-11(12)14/h3-4,7H,5-6,9H2,1-2H3. The van der Waals surface area contributed by atoms with Crippen LogP contribution >= 0.6 is 11.6 Å². The molecule has 1 aliphatic rings. The van der Waals surface area contributed by atoms with Crippen LogP contribution in [0.15, 0.2) is 23.1 Å². The second kappa shape index (κ2) is 5.69. The van der Waals surface area contributed by atoms with Gasteiger partial charge in [0.1, 0.15) is 4.90 Å². The van der Waals surface area contributed by atoms with Crippen LogP contribution in [0.2, 0.25) is 5.02 Å². The number of benzene rings is 1. The number of nitrogens with zero attached hydrogens (tertiary/aromatic N) is 2. The third kappa shape index (κ3) is 3.14. The number of hydrogen-bond acceptors (Lipinski definition) is 4. The van der Waals surface area contributed by atoms with Gasteiger partial charge in [-0.15, -0.1) is 0 Å². The summed E-state index contributed by atoms with van der Waals surface area (Å²) in [6, 6.07) is 6.01. The normalized spacial score (nSPS) is 22.7. The van der Waals surface area contributed by atoms with Gasteiger partial charge in [0, 0.05) is 29.6 Å². The van der Waals surface area contributed by atoms with E-state index in [0.717, 1.165) is 0 Å². The van der Waals surface area contributed by atoms with E-state index in [-0.39, 0.29) is 23.0 Å². The fourth-order valence-electron chi connectivity index (χ4n) is 2.16. The molecule has 5 nitrogen and oxygen atoms in total. The summed E-state index contributed by atoms with van der Waals surface area (Å²) < 4.78 is 37.9. The van der Waals surface area contributed by atoms with Gasteiger partial charge in [-0.1, -0.05) is 11.6 Å². The number of nitriles is 1. The average Bonchev–Trinajstić information content (AvgIpc) is 2.41. The zero-order valence-electron chi connectivity index (χ0n) is 11.7. The van der Waals surface area contributed by atoms with Gasteiger partial charge in [-0.3, -0.25) is 4.21 Å². The minimum atomic E-state index is -3.75. The van der Waals surface area contributed by atoms with E-state index in [9.17, 15) is 12.6 Å². The highest BCUT2D eigenvalue weighted by Gasteiger charge is 2.39. The van der Waals surface area contributed by atoms with Crippen LogP contribution in [0.5, 0.6) is 0 Å². The Kier molecular flexibility index (Phi) is 4.45. The van der Waals surface area contributed by atoms with E-state index in [0.29, 0.717) is 11.3 Å². The van der Waals surface area contributed by atoms with Crippen molar-refractivity contribution in [1.29, 1.82) is 5.26 Å². The Balaban J connectivity index is 2.40. The van der Waals surface area contributed by atoms with Crippen molar-refractivity contribution in [2.45, 2.75) is 23.5 Å². The molecule has 1 aromatic rings. The molecule has 0 spiro atoms. The Bertz CT molecular complexity index is 738. The van der Waals surface area contributed by atoms with Crippen molar-refractivity contribution >= 4 is 32.4 Å². The number of hydrogen-bond donors (Lipinski definition) is 0. The Morgan fingerprint density at radius 1 is 1.43 bits per heavy atom. The predicted octanol–water partition coefficient (Wildman–Crippen LogP) is 1.74. The molecule has 1 fully saturated rings. The molecule has 0 bridgehead atoms. The lowest BCUT2D eigenvalue weighted by Crippen LogP contribution is -2.51. The first kappa shape index (κ1) is 16.4. The summed E-state index contributed by atoms with van der Waals surface area (Å²) in [5.74, 6) is 0.306. The number of rotatable bonds is 2. The molecule has 1 heterocycles. The first-order valence-corrected chi connectivity index (χ1v) is 9.40. The molecule has 0 amide bonds. The van der Waals surface area contributed by atoms with Gasteiger partial charge in [0.15, 0.2) is 0 Å². The molecule has 1 aliphatic heterocycles. The monoisotopic (exact) mass is 346 g/mol. The number of sulfonamides is 1. The molecule has 0 saturated carbocycles. The fourth-order valence-corrected chi connectivity index (χ4v) is 5.72. The van der Waals surface area contributed by atoms with E-state index in [4.69, 9.17) is 16.9 Å². The smallest absolute Gasteiger partial charge is 0.244 e. The van der Waals surface area contributed by atoms with Gasteiger partial charge >= 0.3 is 0 Å². The fraction of sp³-hybridized carbons (Fsp3) is 0.462. The van der Waals surface area contributed by atoms with E-state index in [2.05, 4.69) is 0 Å². The second-order valence-electron chi connectivity index (χ2n) is 5.40. The van der Waals surface area contributed by atoms with E-state index in [1.165, 1.54) is 22.5 Å². The van der Waals surface area contributed by atoms with Crippen LogP contribution in [-0.4, -0.2) is 40.5 Å². The van der Waals surface area contributed by atoms with Crippen molar-refractivity contribution in [3.63, 3.8) is 0 Å². The maximum absolute atomic E-state index is 12.7. The molecule has 1 unspecified atom stereocenters. The molecule has 0 N–H and O–H groups in total. The molecule has 1 atom stereocenters. The molecule has 114 valence electrons. The summed E-state index contributed by atoms with van der Waals surface area (Å²) in [6.45, 7) is 3.95. The van der Waals surface area contributed by atoms with E-state index >= 15 is 0 Å². The van der Waals surface area contributed by atoms with Crippen LogP contribution in [0, 0.1) is 11.3 Å². The first-order valence-electron chi connectivity index (χ1n) is 6.27. The van der Waals surface area contributed by atoms with Crippen molar-refractivity contribution in [2.75, 3.05) is 18.8 Å². The summed E-state index contributed by atoms with van der Waals surface area (Å²) in [7, 11) is -4.81. The Morgan fingerprint density at radius 2 is 2.10 bits per heavy atom. The summed E-state index contributed by atoms with van der Waals surface area (Å²) in [5, 5.41) is 8.83. The van der Waals surface area contributed by atoms with Crippen molar-refractivity contribution in [3.8, 4) is 6.07 Å². The van der Waals surface area contributed by atoms with Crippen LogP contribution in [0.4, 0.5) is 0 Å². The molecule has 1 saturated heterocycles. The Morgan fingerprint density at radius 3 is 2.62 bits per heavy atom. The van der Waals surface area contributed by atoms with Gasteiger partial charge in [0.2, 0.25) is 10.0 Å². The zero-order valence-corrected chi connectivity index (χ0v) is 14.1. The minimum absolute atomic E-state index is 0.0216. The van der Waals surface area contributed by atoms with Crippen molar-refractivity contribution < 1.29 is 12.6 Å². The predicted molar refractivity (Wildman–Crippen MR) is 82.0 cm³/mol. The van der Waals surface area contributed by atoms with Gasteiger partial charge in [-0.2, -0.15) is 9.57 Å². The second-order valence-corrected chi connectivity index (χ2v) is 9.92. The van der Waals surface area contributed by atoms with Crippen LogP contribution < -0.4 is 0 Å². The SMILES string of the molecule is CC1(C)CN(S(=O)(=O)c2ccc(C#N)cc2Cl)CCS1=O. The lowest BCUT2D eigenvalue weighted by Gasteiger charge is -2.36. The molecule has 0 radical (unpaired) electrons. The minimum Gasteiger partial charge on any atom is -0.259 e. The van der Waals surface area contributed by atoms with Crippen molar-refractivity contribution in [1.82, 2.24) is 4.31 Å². The van der Waals surface area contributed by atoms with Crippen molar-refractivity contribution in [3.05, 3.63) is 28.8 Å². The Hall–Kier alpha value is -0.940. The van der Waals surface area contributed by atoms with Crippen LogP contribution in [0.3, 0.4) is 0 Å². The van der Waals surface area contributed by atoms with Crippen molar-refractivity contribution in [2.24, 2.45) is 0 Å². The lowest BCUT2D eigenvalue weighted by molar-refractivity contribution is 0.378. The maximum Gasteiger partial charge on any atom is 0.244 e. The quantitative estimate of drug-likeness (QED) is 0.817. The molecule has 1 aromatic carbocycles. The van der Waals surface area contributed by atoms with Gasteiger partial charge < -0.3 is 0 Å². The summed E-state index contributed by atoms with van der Waals surface area (Å²) in [6.07, 6.45) is 0. The molecule has 2 rings (SSSR count). The van der Waals surface area contributed by atoms with Gasteiger partial charge in [-0.05, 0) is 32.0 Å². The molecular formula is C13H15ClN2O3S2. The highest BCUT2D eigenvalue weighted by atomic mass is 35.5. The third-order valence-corrected chi connectivity index (χ3v) is 7.62. The highest BCUT2D eigenvalue weighted by molar-refractivity contribution is 7.90. The summed E-state index contributed by atoms with van der Waals surface area (Å²) in [5.41, 5.74) is 0.305. The van der Waals surface area contributed by atoms with Crippen LogP contribution in [-0.2, 0) is 20.8 Å². The molecular weight excluding hydrogens is 332 g/mol. The topological polar surface area (TPSA) is 78.2 Å². The van der Waals surface area contributed by atoms with Gasteiger partial charge in [0.05, 0.1) is 21.4 Å². The largest absolute Gasteiger partial charge is 0.259 e. The maximum atomic E-state index is 12.7. The van der Waals surface area contributed by atoms with E-state index < -0.39 is 25.6 Å². The van der Waals surface area contributed by atoms with E-state index in [1.54, 1.807) is 13.8 Å². The summed E-state index contributed by atoms with van der Waals surface area (Å²) in [4.78, 5) is -0.0216. The molecule has 21 heavy (non-hydrogen) atoms. The third-order valence-electron chi connectivity index (χ3n) is 3.38. The highest BCUT2D eigenvalue weighted by Crippen LogP contribution is 2.29. The van der Waals surface area contributed by atoms with Crippen LogP contribution in [0.1, 0.15) is 19.4 Å². The first-order chi connectivity index (χ1) is 9.68. The molecule has 8 heteroatoms. The Labute approximate surface area is 132 Å². The van der Waals surface area contributed by atoms with Gasteiger partial charge in [-0.25, -0.2) is 8.42 Å². The zero-order chi connectivity index (χ0) is 15.8. The molecule has 0 aliphatic carbocycles.